The first kappa shape index (κ1) is 14.2. The molecule has 0 bridgehead atoms. The molecule has 2 aromatic rings. The highest BCUT2D eigenvalue weighted by atomic mass is 35.5. The van der Waals surface area contributed by atoms with E-state index in [1.165, 1.54) is 18.4 Å². The van der Waals surface area contributed by atoms with Crippen LogP contribution in [0.2, 0.25) is 5.02 Å². The van der Waals surface area contributed by atoms with Crippen molar-refractivity contribution in [1.29, 1.82) is 0 Å². The lowest BCUT2D eigenvalue weighted by Gasteiger charge is -2.18. The van der Waals surface area contributed by atoms with Gasteiger partial charge in [0.25, 0.3) is 0 Å². The number of halogens is 1. The number of benzene rings is 1. The summed E-state index contributed by atoms with van der Waals surface area (Å²) in [7, 11) is 0. The van der Waals surface area contributed by atoms with Crippen LogP contribution in [-0.4, -0.2) is 18.1 Å². The molecule has 3 nitrogen and oxygen atoms in total. The van der Waals surface area contributed by atoms with E-state index in [-0.39, 0.29) is 6.04 Å². The highest BCUT2D eigenvalue weighted by molar-refractivity contribution is 6.30. The van der Waals surface area contributed by atoms with Gasteiger partial charge in [0.05, 0.1) is 11.9 Å². The van der Waals surface area contributed by atoms with E-state index in [4.69, 9.17) is 11.6 Å². The van der Waals surface area contributed by atoms with Gasteiger partial charge in [-0.25, -0.2) is 4.98 Å². The number of aromatic nitrogens is 1. The molecule has 1 aromatic carbocycles. The second-order valence-corrected chi connectivity index (χ2v) is 5.95. The molecule has 1 saturated heterocycles. The van der Waals surface area contributed by atoms with Crippen LogP contribution in [0.1, 0.15) is 31.4 Å². The van der Waals surface area contributed by atoms with Crippen molar-refractivity contribution in [1.82, 2.24) is 4.98 Å². The number of pyridine rings is 1. The molecule has 0 amide bonds. The van der Waals surface area contributed by atoms with E-state index in [1.54, 1.807) is 0 Å². The predicted molar refractivity (Wildman–Crippen MR) is 89.2 cm³/mol. The fourth-order valence-corrected chi connectivity index (χ4v) is 2.82. The summed E-state index contributed by atoms with van der Waals surface area (Å²) in [6.45, 7) is 4.39. The zero-order chi connectivity index (χ0) is 14.7. The van der Waals surface area contributed by atoms with Crippen molar-refractivity contribution in [2.24, 2.45) is 0 Å². The third-order valence-electron chi connectivity index (χ3n) is 3.93. The van der Waals surface area contributed by atoms with Gasteiger partial charge < -0.3 is 10.2 Å². The van der Waals surface area contributed by atoms with Crippen molar-refractivity contribution < 1.29 is 0 Å². The van der Waals surface area contributed by atoms with E-state index in [9.17, 15) is 0 Å². The summed E-state index contributed by atoms with van der Waals surface area (Å²) in [5.41, 5.74) is 2.25. The Morgan fingerprint density at radius 1 is 1.10 bits per heavy atom. The van der Waals surface area contributed by atoms with Crippen LogP contribution in [0.5, 0.6) is 0 Å². The SMILES string of the molecule is CC(Nc1ccc(N2CCCC2)nc1)c1ccc(Cl)cc1. The van der Waals surface area contributed by atoms with Crippen molar-refractivity contribution in [3.05, 3.63) is 53.2 Å². The number of anilines is 2. The molecule has 2 heterocycles. The molecule has 4 heteroatoms. The molecular weight excluding hydrogens is 282 g/mol. The summed E-state index contributed by atoms with van der Waals surface area (Å²) in [5.74, 6) is 1.08. The summed E-state index contributed by atoms with van der Waals surface area (Å²) < 4.78 is 0. The number of hydrogen-bond donors (Lipinski definition) is 1. The first-order chi connectivity index (χ1) is 10.2. The normalized spacial score (nSPS) is 16.0. The van der Waals surface area contributed by atoms with Gasteiger partial charge in [0.15, 0.2) is 0 Å². The van der Waals surface area contributed by atoms with E-state index < -0.39 is 0 Å². The van der Waals surface area contributed by atoms with Gasteiger partial charge in [0.1, 0.15) is 5.82 Å². The second kappa shape index (κ2) is 6.35. The summed E-state index contributed by atoms with van der Waals surface area (Å²) in [5, 5.41) is 4.24. The fraction of sp³-hybridized carbons (Fsp3) is 0.353. The maximum absolute atomic E-state index is 5.92. The van der Waals surface area contributed by atoms with E-state index >= 15 is 0 Å². The molecule has 1 N–H and O–H groups in total. The Balaban J connectivity index is 1.65. The minimum Gasteiger partial charge on any atom is -0.377 e. The van der Waals surface area contributed by atoms with Gasteiger partial charge in [-0.2, -0.15) is 0 Å². The highest BCUT2D eigenvalue weighted by Gasteiger charge is 2.13. The predicted octanol–water partition coefficient (Wildman–Crippen LogP) is 4.51. The first-order valence-electron chi connectivity index (χ1n) is 7.45. The first-order valence-corrected chi connectivity index (χ1v) is 7.83. The van der Waals surface area contributed by atoms with Crippen LogP contribution in [0.15, 0.2) is 42.6 Å². The largest absolute Gasteiger partial charge is 0.377 e. The van der Waals surface area contributed by atoms with E-state index in [2.05, 4.69) is 34.3 Å². The quantitative estimate of drug-likeness (QED) is 0.900. The molecule has 1 aliphatic rings. The van der Waals surface area contributed by atoms with E-state index in [0.29, 0.717) is 0 Å². The summed E-state index contributed by atoms with van der Waals surface area (Å²) >= 11 is 5.92. The summed E-state index contributed by atoms with van der Waals surface area (Å²) in [4.78, 5) is 6.90. The lowest BCUT2D eigenvalue weighted by atomic mass is 10.1. The van der Waals surface area contributed by atoms with Crippen molar-refractivity contribution >= 4 is 23.1 Å². The molecule has 1 aromatic heterocycles. The van der Waals surface area contributed by atoms with Crippen LogP contribution < -0.4 is 10.2 Å². The molecule has 0 aliphatic carbocycles. The zero-order valence-corrected chi connectivity index (χ0v) is 13.0. The molecule has 110 valence electrons. The van der Waals surface area contributed by atoms with Crippen LogP contribution in [-0.2, 0) is 0 Å². The fourth-order valence-electron chi connectivity index (χ4n) is 2.69. The third-order valence-corrected chi connectivity index (χ3v) is 4.18. The maximum Gasteiger partial charge on any atom is 0.128 e. The van der Waals surface area contributed by atoms with E-state index in [0.717, 1.165) is 29.6 Å². The topological polar surface area (TPSA) is 28.2 Å². The molecule has 0 radical (unpaired) electrons. The van der Waals surface area contributed by atoms with Gasteiger partial charge in [0.2, 0.25) is 0 Å². The molecule has 0 saturated carbocycles. The van der Waals surface area contributed by atoms with Crippen LogP contribution in [0.4, 0.5) is 11.5 Å². The van der Waals surface area contributed by atoms with Gasteiger partial charge >= 0.3 is 0 Å². The molecule has 0 spiro atoms. The molecule has 1 aliphatic heterocycles. The van der Waals surface area contributed by atoms with Crippen LogP contribution >= 0.6 is 11.6 Å². The number of rotatable bonds is 4. The lowest BCUT2D eigenvalue weighted by Crippen LogP contribution is -2.18. The van der Waals surface area contributed by atoms with Crippen LogP contribution in [0.25, 0.3) is 0 Å². The van der Waals surface area contributed by atoms with Crippen LogP contribution in [0.3, 0.4) is 0 Å². The standard InChI is InChI=1S/C17H20ClN3/c1-13(14-4-6-15(18)7-5-14)20-16-8-9-17(19-12-16)21-10-2-3-11-21/h4-9,12-13,20H,2-3,10-11H2,1H3. The minimum atomic E-state index is 0.224. The summed E-state index contributed by atoms with van der Waals surface area (Å²) in [6.07, 6.45) is 4.46. The Morgan fingerprint density at radius 2 is 1.81 bits per heavy atom. The smallest absolute Gasteiger partial charge is 0.128 e. The zero-order valence-electron chi connectivity index (χ0n) is 12.2. The van der Waals surface area contributed by atoms with Crippen molar-refractivity contribution in [2.75, 3.05) is 23.3 Å². The molecular formula is C17H20ClN3. The number of nitrogens with zero attached hydrogens (tertiary/aromatic N) is 2. The number of nitrogens with one attached hydrogen (secondary N) is 1. The van der Waals surface area contributed by atoms with Crippen molar-refractivity contribution in [3.63, 3.8) is 0 Å². The Morgan fingerprint density at radius 3 is 2.43 bits per heavy atom. The Hall–Kier alpha value is -1.74. The van der Waals surface area contributed by atoms with Crippen molar-refractivity contribution in [2.45, 2.75) is 25.8 Å². The highest BCUT2D eigenvalue weighted by Crippen LogP contribution is 2.23. The van der Waals surface area contributed by atoms with Gasteiger partial charge in [0, 0.05) is 24.2 Å². The minimum absolute atomic E-state index is 0.224. The molecule has 1 atom stereocenters. The lowest BCUT2D eigenvalue weighted by molar-refractivity contribution is 0.880. The van der Waals surface area contributed by atoms with Gasteiger partial charge in [-0.3, -0.25) is 0 Å². The third kappa shape index (κ3) is 3.48. The monoisotopic (exact) mass is 301 g/mol. The Bertz CT molecular complexity index is 574. The Labute approximate surface area is 131 Å². The van der Waals surface area contributed by atoms with Gasteiger partial charge in [-0.05, 0) is 49.6 Å². The van der Waals surface area contributed by atoms with Gasteiger partial charge in [-0.15, -0.1) is 0 Å². The van der Waals surface area contributed by atoms with E-state index in [1.807, 2.05) is 30.5 Å². The van der Waals surface area contributed by atoms with Crippen LogP contribution in [0, 0.1) is 0 Å². The van der Waals surface area contributed by atoms with Gasteiger partial charge in [-0.1, -0.05) is 23.7 Å². The average Bonchev–Trinajstić information content (AvgIpc) is 3.03. The summed E-state index contributed by atoms with van der Waals surface area (Å²) in [6, 6.07) is 12.4. The second-order valence-electron chi connectivity index (χ2n) is 5.52. The molecule has 3 rings (SSSR count). The Kier molecular flexibility index (Phi) is 4.30. The average molecular weight is 302 g/mol. The van der Waals surface area contributed by atoms with Crippen molar-refractivity contribution in [3.8, 4) is 0 Å². The molecule has 21 heavy (non-hydrogen) atoms. The number of hydrogen-bond acceptors (Lipinski definition) is 3. The maximum atomic E-state index is 5.92. The molecule has 1 fully saturated rings. The molecule has 1 unspecified atom stereocenters.